The van der Waals surface area contributed by atoms with Crippen LogP contribution in [0, 0.1) is 0 Å². The second-order valence-electron chi connectivity index (χ2n) is 3.39. The molecule has 0 saturated carbocycles. The number of nitrogens with one attached hydrogen (secondary N) is 1. The van der Waals surface area contributed by atoms with Gasteiger partial charge < -0.3 is 10.1 Å². The van der Waals surface area contributed by atoms with Gasteiger partial charge in [-0.1, -0.05) is 18.2 Å². The molecule has 1 aromatic carbocycles. The average Bonchev–Trinajstić information content (AvgIpc) is 3.05. The number of likely N-dealkylation sites (N-methyl/N-ethyl adjacent to an activating group) is 1. The van der Waals surface area contributed by atoms with Crippen LogP contribution in [-0.2, 0) is 4.74 Å². The lowest BCUT2D eigenvalue weighted by atomic mass is 10.3. The van der Waals surface area contributed by atoms with Crippen LogP contribution in [0.3, 0.4) is 0 Å². The Kier molecular flexibility index (Phi) is 3.45. The van der Waals surface area contributed by atoms with Gasteiger partial charge in [0.05, 0.1) is 12.7 Å². The summed E-state index contributed by atoms with van der Waals surface area (Å²) in [6.45, 7) is 0.918. The van der Waals surface area contributed by atoms with Crippen molar-refractivity contribution >= 4 is 11.8 Å². The molecule has 2 rings (SSSR count). The number of hydrogen-bond donors (Lipinski definition) is 1. The molecule has 0 amide bonds. The topological polar surface area (TPSA) is 24.6 Å². The third kappa shape index (κ3) is 2.74. The van der Waals surface area contributed by atoms with Crippen molar-refractivity contribution in [2.45, 2.75) is 17.0 Å². The van der Waals surface area contributed by atoms with E-state index in [0.717, 1.165) is 12.4 Å². The van der Waals surface area contributed by atoms with Crippen LogP contribution in [0.2, 0.25) is 0 Å². The van der Waals surface area contributed by atoms with Gasteiger partial charge in [-0.2, -0.15) is 0 Å². The predicted molar refractivity (Wildman–Crippen MR) is 59.8 cm³/mol. The summed E-state index contributed by atoms with van der Waals surface area (Å²) in [7, 11) is 2.00. The van der Waals surface area contributed by atoms with Gasteiger partial charge in [-0.3, -0.25) is 0 Å². The van der Waals surface area contributed by atoms with Crippen molar-refractivity contribution in [3.05, 3.63) is 30.3 Å². The van der Waals surface area contributed by atoms with Crippen LogP contribution in [-0.4, -0.2) is 31.6 Å². The Labute approximate surface area is 89.0 Å². The second kappa shape index (κ2) is 4.82. The molecule has 14 heavy (non-hydrogen) atoms. The minimum absolute atomic E-state index is 0.441. The van der Waals surface area contributed by atoms with Gasteiger partial charge in [0.25, 0.3) is 0 Å². The van der Waals surface area contributed by atoms with Crippen molar-refractivity contribution < 1.29 is 4.74 Å². The third-order valence-electron chi connectivity index (χ3n) is 2.35. The number of hydrogen-bond acceptors (Lipinski definition) is 3. The summed E-state index contributed by atoms with van der Waals surface area (Å²) < 4.78 is 5.27. The van der Waals surface area contributed by atoms with Gasteiger partial charge in [0, 0.05) is 16.7 Å². The molecule has 1 fully saturated rings. The number of ether oxygens (including phenoxy) is 1. The van der Waals surface area contributed by atoms with Gasteiger partial charge in [-0.25, -0.2) is 0 Å². The molecule has 1 aliphatic rings. The SMILES string of the molecule is CN[C@@H](CSc1ccccc1)C1CO1. The Bertz CT molecular complexity index is 274. The normalized spacial score (nSPS) is 21.9. The molecule has 0 aliphatic carbocycles. The molecule has 1 unspecified atom stereocenters. The summed E-state index contributed by atoms with van der Waals surface area (Å²) in [5.41, 5.74) is 0. The van der Waals surface area contributed by atoms with Crippen LogP contribution in [0.4, 0.5) is 0 Å². The fourth-order valence-corrected chi connectivity index (χ4v) is 2.47. The van der Waals surface area contributed by atoms with E-state index in [2.05, 4.69) is 29.6 Å². The first-order valence-electron chi connectivity index (χ1n) is 4.87. The summed E-state index contributed by atoms with van der Waals surface area (Å²) in [4.78, 5) is 1.33. The van der Waals surface area contributed by atoms with E-state index in [1.165, 1.54) is 4.90 Å². The van der Waals surface area contributed by atoms with Gasteiger partial charge in [0.1, 0.15) is 0 Å². The van der Waals surface area contributed by atoms with E-state index < -0.39 is 0 Å². The fraction of sp³-hybridized carbons (Fsp3) is 0.455. The number of epoxide rings is 1. The lowest BCUT2D eigenvalue weighted by molar-refractivity contribution is 0.364. The van der Waals surface area contributed by atoms with E-state index >= 15 is 0 Å². The van der Waals surface area contributed by atoms with E-state index in [9.17, 15) is 0 Å². The zero-order valence-corrected chi connectivity index (χ0v) is 9.09. The van der Waals surface area contributed by atoms with Gasteiger partial charge in [0.2, 0.25) is 0 Å². The summed E-state index contributed by atoms with van der Waals surface area (Å²) in [5.74, 6) is 1.07. The van der Waals surface area contributed by atoms with E-state index in [-0.39, 0.29) is 0 Å². The Morgan fingerprint density at radius 2 is 2.21 bits per heavy atom. The molecule has 1 heterocycles. The molecule has 76 valence electrons. The van der Waals surface area contributed by atoms with Crippen molar-refractivity contribution in [1.29, 1.82) is 0 Å². The number of benzene rings is 1. The zero-order chi connectivity index (χ0) is 9.80. The van der Waals surface area contributed by atoms with Gasteiger partial charge >= 0.3 is 0 Å². The standard InChI is InChI=1S/C11H15NOS/c1-12-10(11-7-13-11)8-14-9-5-3-2-4-6-9/h2-6,10-12H,7-8H2,1H3/t10-,11?/m0/s1. The molecule has 1 aromatic rings. The van der Waals surface area contributed by atoms with Crippen molar-refractivity contribution in [1.82, 2.24) is 5.32 Å². The first kappa shape index (κ1) is 10.0. The van der Waals surface area contributed by atoms with Crippen LogP contribution in [0.15, 0.2) is 35.2 Å². The van der Waals surface area contributed by atoms with Gasteiger partial charge in [-0.15, -0.1) is 11.8 Å². The van der Waals surface area contributed by atoms with Crippen LogP contribution < -0.4 is 5.32 Å². The van der Waals surface area contributed by atoms with Crippen LogP contribution in [0.25, 0.3) is 0 Å². The van der Waals surface area contributed by atoms with E-state index in [1.807, 2.05) is 24.9 Å². The Balaban J connectivity index is 1.81. The Hall–Kier alpha value is -0.510. The maximum Gasteiger partial charge on any atom is 0.0970 e. The summed E-state index contributed by atoms with van der Waals surface area (Å²) in [6, 6.07) is 11.0. The molecule has 0 bridgehead atoms. The fourth-order valence-electron chi connectivity index (χ4n) is 1.37. The molecular formula is C11H15NOS. The highest BCUT2D eigenvalue weighted by Gasteiger charge is 2.31. The maximum absolute atomic E-state index is 5.27. The monoisotopic (exact) mass is 209 g/mol. The van der Waals surface area contributed by atoms with Gasteiger partial charge in [-0.05, 0) is 19.2 Å². The average molecular weight is 209 g/mol. The van der Waals surface area contributed by atoms with Crippen molar-refractivity contribution in [3.8, 4) is 0 Å². The van der Waals surface area contributed by atoms with Crippen LogP contribution >= 0.6 is 11.8 Å². The van der Waals surface area contributed by atoms with Crippen LogP contribution in [0.5, 0.6) is 0 Å². The molecule has 1 aliphatic heterocycles. The summed E-state index contributed by atoms with van der Waals surface area (Å²) >= 11 is 1.88. The summed E-state index contributed by atoms with van der Waals surface area (Å²) in [5, 5.41) is 3.29. The van der Waals surface area contributed by atoms with Crippen LogP contribution in [0.1, 0.15) is 0 Å². The quantitative estimate of drug-likeness (QED) is 0.591. The lowest BCUT2D eigenvalue weighted by Gasteiger charge is -2.12. The molecule has 0 radical (unpaired) electrons. The molecule has 1 N–H and O–H groups in total. The molecule has 0 spiro atoms. The van der Waals surface area contributed by atoms with E-state index in [0.29, 0.717) is 12.1 Å². The highest BCUT2D eigenvalue weighted by Crippen LogP contribution is 2.22. The van der Waals surface area contributed by atoms with Crippen molar-refractivity contribution in [2.24, 2.45) is 0 Å². The largest absolute Gasteiger partial charge is 0.371 e. The van der Waals surface area contributed by atoms with Crippen molar-refractivity contribution in [3.63, 3.8) is 0 Å². The lowest BCUT2D eigenvalue weighted by Crippen LogP contribution is -2.33. The van der Waals surface area contributed by atoms with E-state index in [1.54, 1.807) is 0 Å². The first-order valence-corrected chi connectivity index (χ1v) is 5.85. The molecule has 2 atom stereocenters. The molecule has 0 aromatic heterocycles. The second-order valence-corrected chi connectivity index (χ2v) is 4.48. The maximum atomic E-state index is 5.27. The highest BCUT2D eigenvalue weighted by atomic mass is 32.2. The number of rotatable bonds is 5. The Morgan fingerprint density at radius 1 is 1.50 bits per heavy atom. The zero-order valence-electron chi connectivity index (χ0n) is 8.27. The Morgan fingerprint density at radius 3 is 2.79 bits per heavy atom. The number of thioether (sulfide) groups is 1. The third-order valence-corrected chi connectivity index (χ3v) is 3.48. The summed E-state index contributed by atoms with van der Waals surface area (Å²) in [6.07, 6.45) is 0.441. The first-order chi connectivity index (χ1) is 6.90. The highest BCUT2D eigenvalue weighted by molar-refractivity contribution is 7.99. The molecule has 2 nitrogen and oxygen atoms in total. The van der Waals surface area contributed by atoms with E-state index in [4.69, 9.17) is 4.74 Å². The predicted octanol–water partition coefficient (Wildman–Crippen LogP) is 1.77. The molecule has 1 saturated heterocycles. The minimum atomic E-state index is 0.441. The van der Waals surface area contributed by atoms with Crippen molar-refractivity contribution in [2.75, 3.05) is 19.4 Å². The minimum Gasteiger partial charge on any atom is -0.371 e. The molecule has 3 heteroatoms. The smallest absolute Gasteiger partial charge is 0.0970 e. The molecular weight excluding hydrogens is 194 g/mol. The van der Waals surface area contributed by atoms with Gasteiger partial charge in [0.15, 0.2) is 0 Å².